The molecule has 0 atom stereocenters. The normalized spacial score (nSPS) is 10.2. The third kappa shape index (κ3) is 2.81. The Balaban J connectivity index is 2.75. The third-order valence-electron chi connectivity index (χ3n) is 1.74. The first-order valence-electron chi connectivity index (χ1n) is 3.80. The Kier molecular flexibility index (Phi) is 4.12. The van der Waals surface area contributed by atoms with E-state index in [4.69, 9.17) is 0 Å². The van der Waals surface area contributed by atoms with Gasteiger partial charge in [-0.2, -0.15) is 12.6 Å². The highest BCUT2D eigenvalue weighted by Crippen LogP contribution is 2.15. The van der Waals surface area contributed by atoms with Crippen LogP contribution in [0.25, 0.3) is 0 Å². The fourth-order valence-electron chi connectivity index (χ4n) is 1.02. The summed E-state index contributed by atoms with van der Waals surface area (Å²) in [4.78, 5) is 0. The molecule has 0 saturated carbocycles. The summed E-state index contributed by atoms with van der Waals surface area (Å²) in [5.74, 6) is 0.714. The maximum absolute atomic E-state index is 4.09. The Labute approximate surface area is 87.1 Å². The number of halogens is 1. The summed E-state index contributed by atoms with van der Waals surface area (Å²) in [6, 6.07) is 6.30. The average molecular weight is 246 g/mol. The molecule has 0 bridgehead atoms. The van der Waals surface area contributed by atoms with Crippen LogP contribution in [0.2, 0.25) is 0 Å². The van der Waals surface area contributed by atoms with Gasteiger partial charge in [-0.15, -0.1) is 0 Å². The molecule has 66 valence electrons. The van der Waals surface area contributed by atoms with Gasteiger partial charge in [-0.25, -0.2) is 0 Å². The molecule has 0 aliphatic carbocycles. The smallest absolute Gasteiger partial charge is 0.0390 e. The van der Waals surface area contributed by atoms with Gasteiger partial charge in [-0.3, -0.25) is 0 Å². The van der Waals surface area contributed by atoms with E-state index in [0.717, 1.165) is 11.0 Å². The second kappa shape index (κ2) is 4.90. The van der Waals surface area contributed by atoms with Crippen LogP contribution >= 0.6 is 28.6 Å². The van der Waals surface area contributed by atoms with E-state index in [2.05, 4.69) is 59.0 Å². The predicted octanol–water partition coefficient (Wildman–Crippen LogP) is 2.73. The molecule has 1 aromatic rings. The number of benzene rings is 1. The highest BCUT2D eigenvalue weighted by molar-refractivity contribution is 9.10. The van der Waals surface area contributed by atoms with Crippen LogP contribution in [0, 0.1) is 6.92 Å². The van der Waals surface area contributed by atoms with E-state index < -0.39 is 0 Å². The van der Waals surface area contributed by atoms with Gasteiger partial charge in [0.05, 0.1) is 0 Å². The van der Waals surface area contributed by atoms with Crippen molar-refractivity contribution in [2.75, 3.05) is 5.88 Å². The number of nitrogens with one attached hydrogen (secondary N) is 1. The maximum atomic E-state index is 4.09. The molecule has 3 heteroatoms. The topological polar surface area (TPSA) is 12.0 Å². The van der Waals surface area contributed by atoms with Gasteiger partial charge in [0, 0.05) is 16.9 Å². The van der Waals surface area contributed by atoms with Gasteiger partial charge in [0.15, 0.2) is 0 Å². The van der Waals surface area contributed by atoms with Gasteiger partial charge in [-0.05, 0) is 30.2 Å². The summed E-state index contributed by atoms with van der Waals surface area (Å²) in [5, 5.41) is 3.18. The lowest BCUT2D eigenvalue weighted by molar-refractivity contribution is 0.793. The average Bonchev–Trinajstić information content (AvgIpc) is 2.07. The van der Waals surface area contributed by atoms with Gasteiger partial charge in [0.2, 0.25) is 0 Å². The summed E-state index contributed by atoms with van der Waals surface area (Å²) in [6.45, 7) is 3.00. The Hall–Kier alpha value is 0.01000. The maximum Gasteiger partial charge on any atom is 0.0390 e. The lowest BCUT2D eigenvalue weighted by Gasteiger charge is -2.05. The number of hydrogen-bond donors (Lipinski definition) is 2. The van der Waals surface area contributed by atoms with Crippen molar-refractivity contribution >= 4 is 28.6 Å². The van der Waals surface area contributed by atoms with Gasteiger partial charge in [-0.1, -0.05) is 22.0 Å². The summed E-state index contributed by atoms with van der Waals surface area (Å²) in [5.41, 5.74) is 2.63. The summed E-state index contributed by atoms with van der Waals surface area (Å²) >= 11 is 7.53. The second-order valence-corrected chi connectivity index (χ2v) is 3.89. The van der Waals surface area contributed by atoms with Crippen LogP contribution < -0.4 is 5.32 Å². The minimum Gasteiger partial charge on any atom is -0.304 e. The van der Waals surface area contributed by atoms with E-state index in [-0.39, 0.29) is 0 Å². The zero-order valence-electron chi connectivity index (χ0n) is 6.97. The van der Waals surface area contributed by atoms with E-state index >= 15 is 0 Å². The summed E-state index contributed by atoms with van der Waals surface area (Å²) in [7, 11) is 0. The van der Waals surface area contributed by atoms with Crippen molar-refractivity contribution in [2.45, 2.75) is 13.5 Å². The molecule has 0 saturated heterocycles. The largest absolute Gasteiger partial charge is 0.304 e. The number of rotatable bonds is 3. The fourth-order valence-corrected chi connectivity index (χ4v) is 1.54. The van der Waals surface area contributed by atoms with Gasteiger partial charge < -0.3 is 5.32 Å². The zero-order chi connectivity index (χ0) is 8.97. The SMILES string of the molecule is Cc1ccc(Br)cc1CNCS. The van der Waals surface area contributed by atoms with Crippen LogP contribution in [0.1, 0.15) is 11.1 Å². The van der Waals surface area contributed by atoms with E-state index in [1.807, 2.05) is 0 Å². The molecule has 0 aliphatic rings. The van der Waals surface area contributed by atoms with Crippen molar-refractivity contribution in [3.63, 3.8) is 0 Å². The predicted molar refractivity (Wildman–Crippen MR) is 59.6 cm³/mol. The summed E-state index contributed by atoms with van der Waals surface area (Å²) < 4.78 is 1.13. The number of hydrogen-bond acceptors (Lipinski definition) is 2. The van der Waals surface area contributed by atoms with Crippen LogP contribution in [0.15, 0.2) is 22.7 Å². The molecular formula is C9H12BrNS. The van der Waals surface area contributed by atoms with Crippen LogP contribution in [0.5, 0.6) is 0 Å². The number of aryl methyl sites for hydroxylation is 1. The van der Waals surface area contributed by atoms with E-state index in [9.17, 15) is 0 Å². The third-order valence-corrected chi connectivity index (χ3v) is 2.46. The monoisotopic (exact) mass is 245 g/mol. The molecule has 0 fully saturated rings. The fraction of sp³-hybridized carbons (Fsp3) is 0.333. The lowest BCUT2D eigenvalue weighted by Crippen LogP contribution is -2.11. The molecular weight excluding hydrogens is 234 g/mol. The molecule has 0 spiro atoms. The molecule has 12 heavy (non-hydrogen) atoms. The summed E-state index contributed by atoms with van der Waals surface area (Å²) in [6.07, 6.45) is 0. The molecule has 0 amide bonds. The van der Waals surface area contributed by atoms with E-state index in [1.54, 1.807) is 0 Å². The molecule has 1 aromatic carbocycles. The molecule has 0 aromatic heterocycles. The van der Waals surface area contributed by atoms with Crippen LogP contribution in [-0.4, -0.2) is 5.88 Å². The van der Waals surface area contributed by atoms with Crippen molar-refractivity contribution in [1.82, 2.24) is 5.32 Å². The lowest BCUT2D eigenvalue weighted by atomic mass is 10.1. The van der Waals surface area contributed by atoms with Crippen molar-refractivity contribution in [2.24, 2.45) is 0 Å². The quantitative estimate of drug-likeness (QED) is 0.617. The Morgan fingerprint density at radius 1 is 1.50 bits per heavy atom. The zero-order valence-corrected chi connectivity index (χ0v) is 9.45. The first-order valence-corrected chi connectivity index (χ1v) is 5.23. The van der Waals surface area contributed by atoms with Crippen LogP contribution in [0.3, 0.4) is 0 Å². The Morgan fingerprint density at radius 2 is 2.25 bits per heavy atom. The standard InChI is InChI=1S/C9H12BrNS/c1-7-2-3-9(10)4-8(7)5-11-6-12/h2-4,11-12H,5-6H2,1H3. The number of thiol groups is 1. The molecule has 0 heterocycles. The van der Waals surface area contributed by atoms with E-state index in [0.29, 0.717) is 5.88 Å². The van der Waals surface area contributed by atoms with Gasteiger partial charge in [0.25, 0.3) is 0 Å². The molecule has 0 aliphatic heterocycles. The molecule has 1 nitrogen and oxygen atoms in total. The molecule has 0 unspecified atom stereocenters. The molecule has 1 rings (SSSR count). The molecule has 0 radical (unpaired) electrons. The second-order valence-electron chi connectivity index (χ2n) is 2.66. The van der Waals surface area contributed by atoms with Crippen molar-refractivity contribution < 1.29 is 0 Å². The first kappa shape index (κ1) is 10.1. The van der Waals surface area contributed by atoms with Crippen LogP contribution in [-0.2, 0) is 6.54 Å². The van der Waals surface area contributed by atoms with Crippen LogP contribution in [0.4, 0.5) is 0 Å². The van der Waals surface area contributed by atoms with Crippen molar-refractivity contribution in [3.05, 3.63) is 33.8 Å². The Morgan fingerprint density at radius 3 is 2.92 bits per heavy atom. The first-order chi connectivity index (χ1) is 5.74. The Bertz CT molecular complexity index is 263. The van der Waals surface area contributed by atoms with Crippen molar-refractivity contribution in [1.29, 1.82) is 0 Å². The van der Waals surface area contributed by atoms with E-state index in [1.165, 1.54) is 11.1 Å². The minimum absolute atomic E-state index is 0.714. The van der Waals surface area contributed by atoms with Gasteiger partial charge >= 0.3 is 0 Å². The van der Waals surface area contributed by atoms with Crippen molar-refractivity contribution in [3.8, 4) is 0 Å². The highest BCUT2D eigenvalue weighted by Gasteiger charge is 1.97. The minimum atomic E-state index is 0.714. The highest BCUT2D eigenvalue weighted by atomic mass is 79.9. The van der Waals surface area contributed by atoms with Gasteiger partial charge in [0.1, 0.15) is 0 Å². The molecule has 1 N–H and O–H groups in total.